The van der Waals surface area contributed by atoms with E-state index in [9.17, 15) is 0 Å². The number of hydrogen-bond acceptors (Lipinski definition) is 3. The maximum Gasteiger partial charge on any atom is 0.0324 e. The van der Waals surface area contributed by atoms with Crippen molar-refractivity contribution in [1.29, 1.82) is 0 Å². The molecule has 1 aliphatic carbocycles. The van der Waals surface area contributed by atoms with Crippen molar-refractivity contribution in [3.63, 3.8) is 0 Å². The van der Waals surface area contributed by atoms with Gasteiger partial charge in [-0.25, -0.2) is 0 Å². The van der Waals surface area contributed by atoms with Crippen LogP contribution >= 0.6 is 11.3 Å². The lowest BCUT2D eigenvalue weighted by atomic mass is 9.70. The summed E-state index contributed by atoms with van der Waals surface area (Å²) >= 11 is 1.84. The van der Waals surface area contributed by atoms with Crippen molar-refractivity contribution in [3.05, 3.63) is 22.4 Å². The summed E-state index contributed by atoms with van der Waals surface area (Å²) in [5, 5.41) is 2.15. The van der Waals surface area contributed by atoms with Gasteiger partial charge in [0.25, 0.3) is 0 Å². The van der Waals surface area contributed by atoms with Crippen molar-refractivity contribution in [2.24, 2.45) is 17.1 Å². The molecule has 0 spiro atoms. The van der Waals surface area contributed by atoms with E-state index < -0.39 is 0 Å². The Morgan fingerprint density at radius 2 is 2.28 bits per heavy atom. The largest absolute Gasteiger partial charge is 0.327 e. The summed E-state index contributed by atoms with van der Waals surface area (Å²) in [5.41, 5.74) is 6.77. The number of nitrogens with two attached hydrogens (primary N) is 1. The topological polar surface area (TPSA) is 29.3 Å². The number of hydrogen-bond donors (Lipinski definition) is 1. The SMILES string of the molecule is CN(Cc1cccs1)CC1CC(C)(C)CCC1N. The molecule has 2 unspecified atom stereocenters. The van der Waals surface area contributed by atoms with Gasteiger partial charge in [-0.3, -0.25) is 0 Å². The fourth-order valence-corrected chi connectivity index (χ4v) is 3.87. The molecule has 0 aromatic carbocycles. The van der Waals surface area contributed by atoms with E-state index in [4.69, 9.17) is 5.73 Å². The van der Waals surface area contributed by atoms with E-state index >= 15 is 0 Å². The molecule has 1 fully saturated rings. The summed E-state index contributed by atoms with van der Waals surface area (Å²) in [6.07, 6.45) is 3.73. The summed E-state index contributed by atoms with van der Waals surface area (Å²) in [5.74, 6) is 0.652. The minimum atomic E-state index is 0.392. The van der Waals surface area contributed by atoms with Gasteiger partial charge < -0.3 is 10.6 Å². The fraction of sp³-hybridized carbons (Fsp3) is 0.733. The van der Waals surface area contributed by atoms with Crippen LogP contribution < -0.4 is 5.73 Å². The molecule has 0 aliphatic heterocycles. The number of thiophene rings is 1. The van der Waals surface area contributed by atoms with Crippen LogP contribution in [0.2, 0.25) is 0 Å². The Balaban J connectivity index is 1.87. The van der Waals surface area contributed by atoms with Gasteiger partial charge in [0, 0.05) is 24.0 Å². The minimum absolute atomic E-state index is 0.392. The van der Waals surface area contributed by atoms with Crippen LogP contribution in [0.4, 0.5) is 0 Å². The average molecular weight is 266 g/mol. The Labute approximate surface area is 115 Å². The van der Waals surface area contributed by atoms with Crippen LogP contribution in [0.1, 0.15) is 38.0 Å². The van der Waals surface area contributed by atoms with Gasteiger partial charge >= 0.3 is 0 Å². The molecule has 0 bridgehead atoms. The van der Waals surface area contributed by atoms with Crippen LogP contribution in [-0.2, 0) is 6.54 Å². The number of nitrogens with zero attached hydrogens (tertiary/aromatic N) is 1. The summed E-state index contributed by atoms with van der Waals surface area (Å²) in [7, 11) is 2.22. The highest BCUT2D eigenvalue weighted by molar-refractivity contribution is 7.09. The summed E-state index contributed by atoms with van der Waals surface area (Å²) in [6.45, 7) is 6.94. The third kappa shape index (κ3) is 3.81. The molecule has 3 heteroatoms. The first-order valence-corrected chi connectivity index (χ1v) is 7.81. The summed E-state index contributed by atoms with van der Waals surface area (Å²) in [6, 6.07) is 4.73. The van der Waals surface area contributed by atoms with Crippen LogP contribution in [0.5, 0.6) is 0 Å². The van der Waals surface area contributed by atoms with Crippen molar-refractivity contribution in [2.45, 2.75) is 45.7 Å². The number of rotatable bonds is 4. The maximum atomic E-state index is 6.30. The molecule has 0 saturated heterocycles. The van der Waals surface area contributed by atoms with Crippen LogP contribution in [0, 0.1) is 11.3 Å². The van der Waals surface area contributed by atoms with Crippen molar-refractivity contribution in [2.75, 3.05) is 13.6 Å². The second-order valence-electron chi connectivity index (χ2n) is 6.61. The van der Waals surface area contributed by atoms with Crippen molar-refractivity contribution < 1.29 is 0 Å². The molecule has 1 aromatic heterocycles. The molecule has 2 N–H and O–H groups in total. The lowest BCUT2D eigenvalue weighted by molar-refractivity contribution is 0.123. The predicted octanol–water partition coefficient (Wildman–Crippen LogP) is 3.33. The second-order valence-corrected chi connectivity index (χ2v) is 7.64. The van der Waals surface area contributed by atoms with E-state index in [-0.39, 0.29) is 0 Å². The van der Waals surface area contributed by atoms with Gasteiger partial charge in [-0.1, -0.05) is 19.9 Å². The molecule has 102 valence electrons. The zero-order valence-corrected chi connectivity index (χ0v) is 12.7. The molecule has 2 rings (SSSR count). The van der Waals surface area contributed by atoms with E-state index in [0.29, 0.717) is 17.4 Å². The molecule has 0 radical (unpaired) electrons. The van der Waals surface area contributed by atoms with Crippen LogP contribution in [0.3, 0.4) is 0 Å². The molecule has 18 heavy (non-hydrogen) atoms. The zero-order valence-electron chi connectivity index (χ0n) is 11.9. The highest BCUT2D eigenvalue weighted by Crippen LogP contribution is 2.38. The first kappa shape index (κ1) is 14.0. The van der Waals surface area contributed by atoms with Gasteiger partial charge in [-0.05, 0) is 49.1 Å². The Hall–Kier alpha value is -0.380. The molecule has 0 amide bonds. The second kappa shape index (κ2) is 5.72. The van der Waals surface area contributed by atoms with Crippen molar-refractivity contribution in [1.82, 2.24) is 4.90 Å². The molecular formula is C15H26N2S. The van der Waals surface area contributed by atoms with Gasteiger partial charge in [-0.2, -0.15) is 0 Å². The molecule has 1 heterocycles. The van der Waals surface area contributed by atoms with Gasteiger partial charge in [0.2, 0.25) is 0 Å². The molecule has 2 atom stereocenters. The van der Waals surface area contributed by atoms with Crippen LogP contribution in [0.25, 0.3) is 0 Å². The summed E-state index contributed by atoms with van der Waals surface area (Å²) < 4.78 is 0. The zero-order chi connectivity index (χ0) is 13.2. The van der Waals surface area contributed by atoms with Gasteiger partial charge in [0.05, 0.1) is 0 Å². The monoisotopic (exact) mass is 266 g/mol. The fourth-order valence-electron chi connectivity index (χ4n) is 3.09. The van der Waals surface area contributed by atoms with Gasteiger partial charge in [-0.15, -0.1) is 11.3 Å². The molecular weight excluding hydrogens is 240 g/mol. The predicted molar refractivity (Wildman–Crippen MR) is 79.8 cm³/mol. The third-order valence-corrected chi connectivity index (χ3v) is 4.99. The van der Waals surface area contributed by atoms with Crippen molar-refractivity contribution >= 4 is 11.3 Å². The van der Waals surface area contributed by atoms with Gasteiger partial charge in [0.15, 0.2) is 0 Å². The quantitative estimate of drug-likeness (QED) is 0.905. The van der Waals surface area contributed by atoms with E-state index in [0.717, 1.165) is 13.1 Å². The van der Waals surface area contributed by atoms with E-state index in [1.807, 2.05) is 11.3 Å². The average Bonchev–Trinajstić information content (AvgIpc) is 2.76. The molecule has 1 saturated carbocycles. The minimum Gasteiger partial charge on any atom is -0.327 e. The normalized spacial score (nSPS) is 27.6. The Morgan fingerprint density at radius 1 is 1.50 bits per heavy atom. The first-order valence-electron chi connectivity index (χ1n) is 6.93. The lowest BCUT2D eigenvalue weighted by Gasteiger charge is -2.40. The maximum absolute atomic E-state index is 6.30. The highest BCUT2D eigenvalue weighted by atomic mass is 32.1. The van der Waals surface area contributed by atoms with Gasteiger partial charge in [0.1, 0.15) is 0 Å². The Kier molecular flexibility index (Phi) is 4.46. The van der Waals surface area contributed by atoms with Crippen LogP contribution in [0.15, 0.2) is 17.5 Å². The smallest absolute Gasteiger partial charge is 0.0324 e. The highest BCUT2D eigenvalue weighted by Gasteiger charge is 2.33. The summed E-state index contributed by atoms with van der Waals surface area (Å²) in [4.78, 5) is 3.87. The van der Waals surface area contributed by atoms with E-state index in [1.165, 1.54) is 24.1 Å². The Bertz CT molecular complexity index is 359. The third-order valence-electron chi connectivity index (χ3n) is 4.13. The van der Waals surface area contributed by atoms with Crippen molar-refractivity contribution in [3.8, 4) is 0 Å². The Morgan fingerprint density at radius 3 is 2.94 bits per heavy atom. The molecule has 2 nitrogen and oxygen atoms in total. The molecule has 1 aliphatic rings. The first-order chi connectivity index (χ1) is 8.46. The van der Waals surface area contributed by atoms with E-state index in [1.54, 1.807) is 0 Å². The van der Waals surface area contributed by atoms with E-state index in [2.05, 4.69) is 43.3 Å². The standard InChI is InChI=1S/C15H26N2S/c1-15(2)7-6-14(16)12(9-15)10-17(3)11-13-5-4-8-18-13/h4-5,8,12,14H,6-7,9-11,16H2,1-3H3. The van der Waals surface area contributed by atoms with Crippen LogP contribution in [-0.4, -0.2) is 24.5 Å². The molecule has 1 aromatic rings. The lowest BCUT2D eigenvalue weighted by Crippen LogP contribution is -2.44.